The van der Waals surface area contributed by atoms with E-state index in [-0.39, 0.29) is 69.4 Å². The van der Waals surface area contributed by atoms with Gasteiger partial charge in [-0.3, -0.25) is 10.2 Å². The number of nitrogens with zero attached hydrogens (tertiary/aromatic N) is 5. The van der Waals surface area contributed by atoms with Crippen LogP contribution in [0.2, 0.25) is 0 Å². The number of nitrogens with one attached hydrogen (secondary N) is 1. The minimum Gasteiger partial charge on any atom is -0.465 e. The highest BCUT2D eigenvalue weighted by atomic mass is 32.1. The Labute approximate surface area is 257 Å². The van der Waals surface area contributed by atoms with E-state index < -0.39 is 47.7 Å². The van der Waals surface area contributed by atoms with Crippen molar-refractivity contribution in [2.45, 2.75) is 57.8 Å². The minimum absolute atomic E-state index is 0.00957. The van der Waals surface area contributed by atoms with E-state index in [1.54, 1.807) is 25.7 Å². The number of nitriles is 1. The number of fused-ring (bicyclic) bond motifs is 6. The highest BCUT2D eigenvalue weighted by Crippen LogP contribution is 2.48. The lowest BCUT2D eigenvalue weighted by molar-refractivity contribution is 0.0636. The molecule has 0 radical (unpaired) electrons. The van der Waals surface area contributed by atoms with Crippen LogP contribution in [0.3, 0.4) is 0 Å². The van der Waals surface area contributed by atoms with Crippen molar-refractivity contribution < 1.29 is 37.3 Å². The second-order valence-corrected chi connectivity index (χ2v) is 13.1. The number of hydrogen-bond acceptors (Lipinski definition) is 9. The van der Waals surface area contributed by atoms with Crippen LogP contribution in [0.4, 0.5) is 33.6 Å². The summed E-state index contributed by atoms with van der Waals surface area (Å²) < 4.78 is 58.3. The normalized spacial score (nSPS) is 20.6. The maximum absolute atomic E-state index is 16.8. The van der Waals surface area contributed by atoms with E-state index in [9.17, 15) is 20.0 Å². The molecular formula is C30H25F3N6O5S. The van der Waals surface area contributed by atoms with Crippen LogP contribution < -0.4 is 10.2 Å². The molecule has 2 N–H and O–H groups in total. The van der Waals surface area contributed by atoms with Gasteiger partial charge in [-0.1, -0.05) is 6.07 Å². The Morgan fingerprint density at radius 1 is 1.16 bits per heavy atom. The van der Waals surface area contributed by atoms with E-state index >= 15 is 13.2 Å². The van der Waals surface area contributed by atoms with Crippen LogP contribution in [0.15, 0.2) is 18.5 Å². The molecule has 5 heterocycles. The summed E-state index contributed by atoms with van der Waals surface area (Å²) in [6.07, 6.45) is -2.32. The van der Waals surface area contributed by atoms with E-state index in [1.807, 2.05) is 6.07 Å². The smallest absolute Gasteiger partial charge is 0.412 e. The third-order valence-corrected chi connectivity index (χ3v) is 9.44. The first-order valence-electron chi connectivity index (χ1n) is 14.0. The topological polar surface area (TPSA) is 141 Å². The predicted molar refractivity (Wildman–Crippen MR) is 158 cm³/mol. The number of halogens is 3. The molecule has 0 spiro atoms. The molecule has 7 rings (SSSR count). The number of carboxylic acid groups (broad SMARTS) is 1. The number of ether oxygens (including phenoxy) is 2. The Bertz CT molecular complexity index is 1990. The molecular weight excluding hydrogens is 613 g/mol. The van der Waals surface area contributed by atoms with E-state index in [2.05, 4.69) is 15.3 Å². The second-order valence-electron chi connectivity index (χ2n) is 12.1. The van der Waals surface area contributed by atoms with E-state index in [0.717, 1.165) is 22.6 Å². The van der Waals surface area contributed by atoms with Gasteiger partial charge in [0.1, 0.15) is 46.3 Å². The Hall–Kier alpha value is -4.68. The Morgan fingerprint density at radius 3 is 2.58 bits per heavy atom. The Balaban J connectivity index is 1.40. The Kier molecular flexibility index (Phi) is 6.57. The fourth-order valence-corrected chi connectivity index (χ4v) is 7.62. The zero-order chi connectivity index (χ0) is 31.9. The maximum atomic E-state index is 16.8. The quantitative estimate of drug-likeness (QED) is 0.279. The fraction of sp³-hybridized carbons (Fsp3) is 0.367. The number of likely N-dealkylation sites (tertiary alicyclic amines) is 1. The third-order valence-electron chi connectivity index (χ3n) is 8.32. The van der Waals surface area contributed by atoms with Gasteiger partial charge in [0.2, 0.25) is 0 Å². The summed E-state index contributed by atoms with van der Waals surface area (Å²) in [7, 11) is 0. The van der Waals surface area contributed by atoms with Crippen molar-refractivity contribution in [2.75, 3.05) is 23.3 Å². The number of aromatic nitrogens is 2. The molecule has 11 nitrogen and oxygen atoms in total. The van der Waals surface area contributed by atoms with Gasteiger partial charge in [0.05, 0.1) is 40.9 Å². The number of thiophene rings is 1. The van der Waals surface area contributed by atoms with Crippen LogP contribution in [0.25, 0.3) is 32.1 Å². The number of carbonyl (C=O) groups excluding carboxylic acids is 1. The minimum atomic E-state index is -1.45. The van der Waals surface area contributed by atoms with Crippen molar-refractivity contribution in [2.24, 2.45) is 0 Å². The summed E-state index contributed by atoms with van der Waals surface area (Å²) in [5.74, 6) is -1.16. The molecule has 3 atom stereocenters. The molecule has 2 bridgehead atoms. The van der Waals surface area contributed by atoms with E-state index in [4.69, 9.17) is 9.47 Å². The summed E-state index contributed by atoms with van der Waals surface area (Å²) in [6.45, 7) is 5.06. The van der Waals surface area contributed by atoms with Crippen LogP contribution in [-0.4, -0.2) is 69.1 Å². The summed E-state index contributed by atoms with van der Waals surface area (Å²) >= 11 is 0.833. The molecule has 2 amide bonds. The lowest BCUT2D eigenvalue weighted by Gasteiger charge is -2.33. The molecule has 0 unspecified atom stereocenters. The summed E-state index contributed by atoms with van der Waals surface area (Å²) in [5, 5.41) is 22.7. The molecule has 2 aromatic carbocycles. The molecule has 232 valence electrons. The number of carbonyl (C=O) groups is 2. The van der Waals surface area contributed by atoms with Crippen LogP contribution >= 0.6 is 11.3 Å². The van der Waals surface area contributed by atoms with Crippen molar-refractivity contribution in [3.63, 3.8) is 0 Å². The number of benzene rings is 2. The van der Waals surface area contributed by atoms with Gasteiger partial charge < -0.3 is 19.5 Å². The first-order chi connectivity index (χ1) is 21.4. The van der Waals surface area contributed by atoms with Crippen molar-refractivity contribution in [1.82, 2.24) is 14.9 Å². The monoisotopic (exact) mass is 638 g/mol. The molecule has 3 aliphatic rings. The maximum Gasteiger partial charge on any atom is 0.412 e. The van der Waals surface area contributed by atoms with Gasteiger partial charge in [-0.05, 0) is 43.5 Å². The molecule has 2 fully saturated rings. The van der Waals surface area contributed by atoms with Gasteiger partial charge in [0.25, 0.3) is 0 Å². The average Bonchev–Trinajstić information content (AvgIpc) is 3.75. The van der Waals surface area contributed by atoms with Gasteiger partial charge >= 0.3 is 12.2 Å². The number of hydrogen-bond donors (Lipinski definition) is 2. The number of anilines is 2. The first-order valence-corrected chi connectivity index (χ1v) is 14.8. The number of alkyl halides is 1. The highest BCUT2D eigenvalue weighted by molar-refractivity contribution is 7.23. The molecule has 3 aliphatic heterocycles. The van der Waals surface area contributed by atoms with Gasteiger partial charge in [-0.25, -0.2) is 32.7 Å². The lowest BCUT2D eigenvalue weighted by Crippen LogP contribution is -2.48. The molecule has 0 saturated carbocycles. The number of piperazine rings is 1. The SMILES string of the molecule is CC(C)(C)OC(=O)Nc1sc2c(F)ccc(-c3c4c(c5c(N6C[C@H]7[C@H](F)[C@@H]6CN7C(=O)O)ncnc5c3F)COC4)c2c1C#N. The summed E-state index contributed by atoms with van der Waals surface area (Å²) in [4.78, 5) is 35.5. The number of rotatable bonds is 3. The zero-order valence-electron chi connectivity index (χ0n) is 24.2. The van der Waals surface area contributed by atoms with Crippen molar-refractivity contribution in [1.29, 1.82) is 5.26 Å². The van der Waals surface area contributed by atoms with E-state index in [0.29, 0.717) is 16.5 Å². The van der Waals surface area contributed by atoms with Crippen molar-refractivity contribution >= 4 is 55.3 Å². The largest absolute Gasteiger partial charge is 0.465 e. The predicted octanol–water partition coefficient (Wildman–Crippen LogP) is 5.93. The Morgan fingerprint density at radius 2 is 1.91 bits per heavy atom. The number of amides is 2. The standard InChI is InChI=1S/C30H25F3N6O5S/c1-30(2,3)44-28(40)37-27-13(6-34)20-12(4-5-16(31)25(20)45-27)19-14-9-43-10-15(14)21-24(23(19)33)35-11-36-26(21)38-7-18-22(32)17(38)8-39(18)29(41)42/h4-5,11,17-18,22H,7-10H2,1-3H3,(H,37,40)(H,41,42)/t17-,18-,22+/m0/s1. The molecule has 4 aromatic rings. The molecule has 2 saturated heterocycles. The summed E-state index contributed by atoms with van der Waals surface area (Å²) in [5.41, 5.74) is 0.305. The second kappa shape index (κ2) is 10.2. The molecule has 2 aromatic heterocycles. The lowest BCUT2D eigenvalue weighted by atomic mass is 9.90. The van der Waals surface area contributed by atoms with Crippen LogP contribution in [0.1, 0.15) is 37.5 Å². The summed E-state index contributed by atoms with van der Waals surface area (Å²) in [6, 6.07) is 2.89. The van der Waals surface area contributed by atoms with Crippen molar-refractivity contribution in [3.8, 4) is 17.2 Å². The van der Waals surface area contributed by atoms with Gasteiger partial charge in [-0.2, -0.15) is 5.26 Å². The fourth-order valence-electron chi connectivity index (χ4n) is 6.55. The molecule has 45 heavy (non-hydrogen) atoms. The molecule has 0 aliphatic carbocycles. The van der Waals surface area contributed by atoms with Gasteiger partial charge in [-0.15, -0.1) is 11.3 Å². The van der Waals surface area contributed by atoms with Gasteiger partial charge in [0.15, 0.2) is 5.82 Å². The average molecular weight is 639 g/mol. The van der Waals surface area contributed by atoms with E-state index in [1.165, 1.54) is 12.1 Å². The molecule has 15 heteroatoms. The third kappa shape index (κ3) is 4.42. The first kappa shape index (κ1) is 29.1. The zero-order valence-corrected chi connectivity index (χ0v) is 25.0. The van der Waals surface area contributed by atoms with Crippen LogP contribution in [-0.2, 0) is 22.7 Å². The van der Waals surface area contributed by atoms with Crippen molar-refractivity contribution in [3.05, 3.63) is 46.8 Å². The van der Waals surface area contributed by atoms with Gasteiger partial charge in [0, 0.05) is 24.0 Å². The van der Waals surface area contributed by atoms with Crippen LogP contribution in [0.5, 0.6) is 0 Å². The van der Waals surface area contributed by atoms with Crippen LogP contribution in [0, 0.1) is 23.0 Å². The highest BCUT2D eigenvalue weighted by Gasteiger charge is 2.54.